The molecule has 0 aromatic heterocycles. The Bertz CT molecular complexity index is 1000. The third kappa shape index (κ3) is 6.33. The highest BCUT2D eigenvalue weighted by Gasteiger charge is 2.17. The Kier molecular flexibility index (Phi) is 7.42. The lowest BCUT2D eigenvalue weighted by Gasteiger charge is -2.19. The maximum atomic E-state index is 12.7. The summed E-state index contributed by atoms with van der Waals surface area (Å²) in [4.78, 5) is 35.2. The molecule has 0 spiro atoms. The van der Waals surface area contributed by atoms with Gasteiger partial charge in [-0.3, -0.25) is 9.59 Å². The lowest BCUT2D eigenvalue weighted by atomic mass is 9.87. The summed E-state index contributed by atoms with van der Waals surface area (Å²) in [5, 5.41) is 13.9. The van der Waals surface area contributed by atoms with E-state index in [-0.39, 0.29) is 28.5 Å². The van der Waals surface area contributed by atoms with Gasteiger partial charge in [0.2, 0.25) is 5.91 Å². The van der Waals surface area contributed by atoms with Crippen LogP contribution in [0.15, 0.2) is 48.6 Å². The number of nitrogens with one attached hydrogen (secondary N) is 2. The van der Waals surface area contributed by atoms with Gasteiger partial charge in [0, 0.05) is 29.8 Å². The lowest BCUT2D eigenvalue weighted by Crippen LogP contribution is -2.15. The van der Waals surface area contributed by atoms with Crippen LogP contribution in [-0.2, 0) is 15.0 Å². The number of hydrogen-bond acceptors (Lipinski definition) is 5. The van der Waals surface area contributed by atoms with Crippen LogP contribution < -0.4 is 20.1 Å². The van der Waals surface area contributed by atoms with E-state index in [2.05, 4.69) is 31.4 Å². The fourth-order valence-electron chi connectivity index (χ4n) is 2.73. The Balaban J connectivity index is 2.27. The van der Waals surface area contributed by atoms with Crippen LogP contribution in [0.5, 0.6) is 11.5 Å². The van der Waals surface area contributed by atoms with Crippen molar-refractivity contribution in [3.8, 4) is 11.5 Å². The second kappa shape index (κ2) is 9.80. The number of hydrogen-bond donors (Lipinski definition) is 3. The van der Waals surface area contributed by atoms with Crippen LogP contribution in [0, 0.1) is 0 Å². The van der Waals surface area contributed by atoms with Gasteiger partial charge in [-0.25, -0.2) is 4.79 Å². The van der Waals surface area contributed by atoms with E-state index in [1.165, 1.54) is 26.4 Å². The molecule has 0 bridgehead atoms. The van der Waals surface area contributed by atoms with Gasteiger partial charge >= 0.3 is 5.97 Å². The van der Waals surface area contributed by atoms with Crippen LogP contribution >= 0.6 is 0 Å². The fraction of sp³-hybridized carbons (Fsp3) is 0.261. The molecule has 0 radical (unpaired) electrons. The van der Waals surface area contributed by atoms with Gasteiger partial charge in [0.1, 0.15) is 11.5 Å². The minimum Gasteiger partial charge on any atom is -0.494 e. The highest BCUT2D eigenvalue weighted by atomic mass is 16.5. The van der Waals surface area contributed by atoms with E-state index in [0.29, 0.717) is 11.3 Å². The number of carboxylic acid groups (broad SMARTS) is 1. The number of carbonyl (C=O) groups excluding carboxylic acids is 2. The zero-order valence-electron chi connectivity index (χ0n) is 18.1. The summed E-state index contributed by atoms with van der Waals surface area (Å²) in [6.07, 6.45) is 1.60. The SMILES string of the molecule is COc1cc(NC(=O)c2ccc(C(C)(C)C)cc2)c(OC)cc1NC(=O)C=CC(=O)O. The first-order valence-electron chi connectivity index (χ1n) is 9.45. The third-order valence-electron chi connectivity index (χ3n) is 4.42. The van der Waals surface area contributed by atoms with Crippen molar-refractivity contribution in [2.45, 2.75) is 26.2 Å². The Labute approximate surface area is 180 Å². The molecule has 0 aliphatic rings. The van der Waals surface area contributed by atoms with Gasteiger partial charge in [0.15, 0.2) is 0 Å². The molecule has 0 saturated carbocycles. The van der Waals surface area contributed by atoms with Gasteiger partial charge in [0.25, 0.3) is 5.91 Å². The first-order chi connectivity index (χ1) is 14.5. The number of rotatable bonds is 7. The van der Waals surface area contributed by atoms with Crippen molar-refractivity contribution in [1.29, 1.82) is 0 Å². The topological polar surface area (TPSA) is 114 Å². The molecule has 0 atom stereocenters. The zero-order chi connectivity index (χ0) is 23.2. The summed E-state index contributed by atoms with van der Waals surface area (Å²) in [5.41, 5.74) is 2.17. The van der Waals surface area contributed by atoms with E-state index in [1.54, 1.807) is 12.1 Å². The number of methoxy groups -OCH3 is 2. The van der Waals surface area contributed by atoms with Crippen LogP contribution in [0.2, 0.25) is 0 Å². The van der Waals surface area contributed by atoms with E-state index >= 15 is 0 Å². The molecule has 0 fully saturated rings. The largest absolute Gasteiger partial charge is 0.494 e. The number of carboxylic acids is 1. The van der Waals surface area contributed by atoms with E-state index < -0.39 is 11.9 Å². The van der Waals surface area contributed by atoms with Crippen molar-refractivity contribution in [2.75, 3.05) is 24.9 Å². The first-order valence-corrected chi connectivity index (χ1v) is 9.45. The number of carbonyl (C=O) groups is 3. The number of ether oxygens (including phenoxy) is 2. The maximum Gasteiger partial charge on any atom is 0.328 e. The van der Waals surface area contributed by atoms with E-state index in [9.17, 15) is 14.4 Å². The van der Waals surface area contributed by atoms with E-state index in [0.717, 1.165) is 17.7 Å². The minimum absolute atomic E-state index is 0.0223. The maximum absolute atomic E-state index is 12.7. The van der Waals surface area contributed by atoms with Crippen molar-refractivity contribution in [1.82, 2.24) is 0 Å². The van der Waals surface area contributed by atoms with Gasteiger partial charge in [-0.2, -0.15) is 0 Å². The predicted molar refractivity (Wildman–Crippen MR) is 118 cm³/mol. The molecule has 0 aliphatic carbocycles. The molecule has 2 rings (SSSR count). The van der Waals surface area contributed by atoms with Gasteiger partial charge in [0.05, 0.1) is 25.6 Å². The monoisotopic (exact) mass is 426 g/mol. The molecule has 0 unspecified atom stereocenters. The molecule has 8 nitrogen and oxygen atoms in total. The Morgan fingerprint density at radius 3 is 1.84 bits per heavy atom. The first kappa shape index (κ1) is 23.5. The second-order valence-corrected chi connectivity index (χ2v) is 7.70. The smallest absolute Gasteiger partial charge is 0.328 e. The Morgan fingerprint density at radius 2 is 1.39 bits per heavy atom. The van der Waals surface area contributed by atoms with Crippen molar-refractivity contribution in [3.05, 3.63) is 59.7 Å². The molecule has 0 aliphatic heterocycles. The zero-order valence-corrected chi connectivity index (χ0v) is 18.1. The normalized spacial score (nSPS) is 11.1. The summed E-state index contributed by atoms with van der Waals surface area (Å²) in [7, 11) is 2.83. The number of aliphatic carboxylic acids is 1. The quantitative estimate of drug-likeness (QED) is 0.580. The van der Waals surface area contributed by atoms with Crippen LogP contribution in [0.3, 0.4) is 0 Å². The molecule has 164 valence electrons. The highest BCUT2D eigenvalue weighted by Crippen LogP contribution is 2.36. The van der Waals surface area contributed by atoms with Crippen molar-refractivity contribution in [3.63, 3.8) is 0 Å². The van der Waals surface area contributed by atoms with Gasteiger partial charge < -0.3 is 25.2 Å². The molecular formula is C23H26N2O6. The van der Waals surface area contributed by atoms with Crippen molar-refractivity contribution >= 4 is 29.2 Å². The summed E-state index contributed by atoms with van der Waals surface area (Å²) in [5.74, 6) is -1.68. The third-order valence-corrected chi connectivity index (χ3v) is 4.42. The van der Waals surface area contributed by atoms with E-state index in [1.807, 2.05) is 12.1 Å². The Morgan fingerprint density at radius 1 is 0.871 bits per heavy atom. The van der Waals surface area contributed by atoms with Gasteiger partial charge in [-0.1, -0.05) is 32.9 Å². The average molecular weight is 426 g/mol. The van der Waals surface area contributed by atoms with Crippen LogP contribution in [-0.4, -0.2) is 37.1 Å². The summed E-state index contributed by atoms with van der Waals surface area (Å²) < 4.78 is 10.6. The molecule has 8 heteroatoms. The van der Waals surface area contributed by atoms with Gasteiger partial charge in [-0.15, -0.1) is 0 Å². The Hall–Kier alpha value is -3.81. The molecule has 2 aromatic rings. The van der Waals surface area contributed by atoms with Crippen LogP contribution in [0.25, 0.3) is 0 Å². The predicted octanol–water partition coefficient (Wildman–Crippen LogP) is 3.83. The summed E-state index contributed by atoms with van der Waals surface area (Å²) in [6, 6.07) is 10.3. The molecule has 0 saturated heterocycles. The molecular weight excluding hydrogens is 400 g/mol. The molecule has 2 aromatic carbocycles. The number of amides is 2. The lowest BCUT2D eigenvalue weighted by molar-refractivity contribution is -0.131. The number of benzene rings is 2. The molecule has 2 amide bonds. The standard InChI is InChI=1S/C23H26N2O6/c1-23(2,3)15-8-6-14(7-9-15)22(29)25-17-13-18(30-4)16(12-19(17)31-5)24-20(26)10-11-21(27)28/h6-13H,1-5H3,(H,24,26)(H,25,29)(H,27,28). The van der Waals surface area contributed by atoms with Crippen LogP contribution in [0.4, 0.5) is 11.4 Å². The average Bonchev–Trinajstić information content (AvgIpc) is 2.72. The summed E-state index contributed by atoms with van der Waals surface area (Å²) >= 11 is 0. The highest BCUT2D eigenvalue weighted by molar-refractivity contribution is 6.06. The number of anilines is 2. The molecule has 3 N–H and O–H groups in total. The van der Waals surface area contributed by atoms with Crippen LogP contribution in [0.1, 0.15) is 36.7 Å². The van der Waals surface area contributed by atoms with Gasteiger partial charge in [-0.05, 0) is 23.1 Å². The summed E-state index contributed by atoms with van der Waals surface area (Å²) in [6.45, 7) is 6.28. The second-order valence-electron chi connectivity index (χ2n) is 7.70. The molecule has 31 heavy (non-hydrogen) atoms. The molecule has 0 heterocycles. The van der Waals surface area contributed by atoms with Crippen molar-refractivity contribution in [2.24, 2.45) is 0 Å². The van der Waals surface area contributed by atoms with Crippen molar-refractivity contribution < 1.29 is 29.0 Å². The van der Waals surface area contributed by atoms with E-state index in [4.69, 9.17) is 14.6 Å². The minimum atomic E-state index is -1.24. The fourth-order valence-corrected chi connectivity index (χ4v) is 2.73.